The van der Waals surface area contributed by atoms with Crippen LogP contribution >= 0.6 is 0 Å². The molecule has 0 bridgehead atoms. The summed E-state index contributed by atoms with van der Waals surface area (Å²) in [5.41, 5.74) is 9.91. The standard InChI is InChI=1S/C46H30/c1-3-13-31(14-4-1)33-21-11-23-39(25-33)45-41-27-35-17-7-9-19-37(35)29-43(41)46(44-30-38-20-10-8-18-36(38)28-42(44)45)40-24-12-22-34(26-40)32-15-5-2-6-16-32/h1-30H. The van der Waals surface area contributed by atoms with E-state index < -0.39 is 0 Å². The van der Waals surface area contributed by atoms with Gasteiger partial charge in [-0.2, -0.15) is 0 Å². The molecular formula is C46H30. The summed E-state index contributed by atoms with van der Waals surface area (Å²) in [7, 11) is 0. The van der Waals surface area contributed by atoms with Gasteiger partial charge in [0.15, 0.2) is 0 Å². The highest BCUT2D eigenvalue weighted by molar-refractivity contribution is 6.25. The Morgan fingerprint density at radius 3 is 0.826 bits per heavy atom. The summed E-state index contributed by atoms with van der Waals surface area (Å²) in [6.07, 6.45) is 0. The van der Waals surface area contributed by atoms with E-state index in [1.165, 1.54) is 87.6 Å². The van der Waals surface area contributed by atoms with Crippen molar-refractivity contribution in [2.24, 2.45) is 0 Å². The summed E-state index contributed by atoms with van der Waals surface area (Å²) in [4.78, 5) is 0. The molecule has 0 aliphatic heterocycles. The second-order valence-electron chi connectivity index (χ2n) is 12.1. The maximum absolute atomic E-state index is 2.41. The van der Waals surface area contributed by atoms with Crippen molar-refractivity contribution >= 4 is 43.1 Å². The van der Waals surface area contributed by atoms with Gasteiger partial charge in [0.25, 0.3) is 0 Å². The van der Waals surface area contributed by atoms with E-state index in [1.54, 1.807) is 0 Å². The second-order valence-corrected chi connectivity index (χ2v) is 12.1. The van der Waals surface area contributed by atoms with Gasteiger partial charge in [-0.3, -0.25) is 0 Å². The zero-order valence-corrected chi connectivity index (χ0v) is 25.3. The fourth-order valence-electron chi connectivity index (χ4n) is 7.19. The average Bonchev–Trinajstić information content (AvgIpc) is 3.13. The Morgan fingerprint density at radius 2 is 0.478 bits per heavy atom. The van der Waals surface area contributed by atoms with Crippen LogP contribution in [0.5, 0.6) is 0 Å². The molecule has 0 nitrogen and oxygen atoms in total. The van der Waals surface area contributed by atoms with Gasteiger partial charge in [0.2, 0.25) is 0 Å². The Kier molecular flexibility index (Phi) is 6.25. The first-order valence-corrected chi connectivity index (χ1v) is 15.9. The largest absolute Gasteiger partial charge is 0.0622 e. The lowest BCUT2D eigenvalue weighted by Gasteiger charge is -2.20. The average molecular weight is 583 g/mol. The highest BCUT2D eigenvalue weighted by atomic mass is 14.2. The van der Waals surface area contributed by atoms with Gasteiger partial charge in [-0.15, -0.1) is 0 Å². The number of benzene rings is 9. The third kappa shape index (κ3) is 4.47. The fraction of sp³-hybridized carbons (Fsp3) is 0. The number of rotatable bonds is 4. The van der Waals surface area contributed by atoms with Crippen LogP contribution in [-0.4, -0.2) is 0 Å². The van der Waals surface area contributed by atoms with Crippen molar-refractivity contribution in [2.45, 2.75) is 0 Å². The molecule has 9 aromatic carbocycles. The topological polar surface area (TPSA) is 0 Å². The Bertz CT molecular complexity index is 2280. The molecule has 0 heteroatoms. The Labute approximate surface area is 268 Å². The van der Waals surface area contributed by atoms with Crippen molar-refractivity contribution in [2.75, 3.05) is 0 Å². The molecule has 0 radical (unpaired) electrons. The Balaban J connectivity index is 1.44. The van der Waals surface area contributed by atoms with E-state index in [1.807, 2.05) is 0 Å². The third-order valence-electron chi connectivity index (χ3n) is 9.37. The van der Waals surface area contributed by atoms with Crippen LogP contribution in [0.2, 0.25) is 0 Å². The van der Waals surface area contributed by atoms with Crippen molar-refractivity contribution in [3.63, 3.8) is 0 Å². The van der Waals surface area contributed by atoms with E-state index in [9.17, 15) is 0 Å². The molecule has 0 heterocycles. The minimum atomic E-state index is 1.22. The van der Waals surface area contributed by atoms with Crippen molar-refractivity contribution in [1.29, 1.82) is 0 Å². The predicted molar refractivity (Wildman–Crippen MR) is 198 cm³/mol. The molecule has 9 aromatic rings. The van der Waals surface area contributed by atoms with Crippen LogP contribution in [-0.2, 0) is 0 Å². The van der Waals surface area contributed by atoms with Gasteiger partial charge >= 0.3 is 0 Å². The molecule has 0 atom stereocenters. The molecule has 0 unspecified atom stereocenters. The molecule has 0 aliphatic carbocycles. The van der Waals surface area contributed by atoms with E-state index in [0.717, 1.165) is 0 Å². The highest BCUT2D eigenvalue weighted by Gasteiger charge is 2.19. The van der Waals surface area contributed by atoms with Crippen molar-refractivity contribution in [1.82, 2.24) is 0 Å². The molecule has 9 rings (SSSR count). The van der Waals surface area contributed by atoms with Gasteiger partial charge in [0.1, 0.15) is 0 Å². The van der Waals surface area contributed by atoms with Crippen LogP contribution in [0, 0.1) is 0 Å². The van der Waals surface area contributed by atoms with Gasteiger partial charge in [-0.25, -0.2) is 0 Å². The smallest absolute Gasteiger partial charge is 0.00257 e. The van der Waals surface area contributed by atoms with Gasteiger partial charge in [0.05, 0.1) is 0 Å². The minimum Gasteiger partial charge on any atom is -0.0622 e. The monoisotopic (exact) mass is 582 g/mol. The van der Waals surface area contributed by atoms with Crippen molar-refractivity contribution in [3.05, 3.63) is 182 Å². The first-order chi connectivity index (χ1) is 22.8. The van der Waals surface area contributed by atoms with Crippen LogP contribution in [0.1, 0.15) is 0 Å². The summed E-state index contributed by atoms with van der Waals surface area (Å²) in [5, 5.41) is 10.1. The molecule has 0 aliphatic rings. The van der Waals surface area contributed by atoms with Crippen LogP contribution in [0.15, 0.2) is 182 Å². The van der Waals surface area contributed by atoms with E-state index in [2.05, 4.69) is 182 Å². The van der Waals surface area contributed by atoms with Gasteiger partial charge < -0.3 is 0 Å². The first kappa shape index (κ1) is 26.4. The van der Waals surface area contributed by atoms with E-state index >= 15 is 0 Å². The molecular weight excluding hydrogens is 553 g/mol. The summed E-state index contributed by atoms with van der Waals surface area (Å²) >= 11 is 0. The summed E-state index contributed by atoms with van der Waals surface area (Å²) in [6.45, 7) is 0. The highest BCUT2D eigenvalue weighted by Crippen LogP contribution is 2.47. The molecule has 0 N–H and O–H groups in total. The molecule has 0 aromatic heterocycles. The zero-order chi connectivity index (χ0) is 30.5. The molecule has 0 spiro atoms. The van der Waals surface area contributed by atoms with Gasteiger partial charge in [-0.05, 0) is 124 Å². The van der Waals surface area contributed by atoms with Crippen LogP contribution in [0.4, 0.5) is 0 Å². The molecule has 214 valence electrons. The summed E-state index contributed by atoms with van der Waals surface area (Å²) in [5.74, 6) is 0. The number of fused-ring (bicyclic) bond motifs is 4. The second kappa shape index (κ2) is 10.9. The summed E-state index contributed by atoms with van der Waals surface area (Å²) < 4.78 is 0. The lowest BCUT2D eigenvalue weighted by atomic mass is 9.83. The Hall–Kier alpha value is -5.98. The number of hydrogen-bond donors (Lipinski definition) is 0. The molecule has 0 saturated heterocycles. The van der Waals surface area contributed by atoms with Crippen LogP contribution in [0.3, 0.4) is 0 Å². The van der Waals surface area contributed by atoms with Crippen LogP contribution in [0.25, 0.3) is 87.6 Å². The van der Waals surface area contributed by atoms with E-state index in [4.69, 9.17) is 0 Å². The molecule has 0 fully saturated rings. The lowest BCUT2D eigenvalue weighted by molar-refractivity contribution is 1.60. The van der Waals surface area contributed by atoms with E-state index in [0.29, 0.717) is 0 Å². The van der Waals surface area contributed by atoms with E-state index in [-0.39, 0.29) is 0 Å². The normalized spacial score (nSPS) is 11.5. The maximum Gasteiger partial charge on any atom is -0.00257 e. The quantitative estimate of drug-likeness (QED) is 0.181. The minimum absolute atomic E-state index is 1.22. The maximum atomic E-state index is 2.41. The van der Waals surface area contributed by atoms with Crippen LogP contribution < -0.4 is 0 Å². The SMILES string of the molecule is c1ccc(-c2cccc(-c3c4cc5ccccc5cc4c(-c4cccc(-c5ccccc5)c4)c4cc5ccccc5cc34)c2)cc1. The third-order valence-corrected chi connectivity index (χ3v) is 9.37. The first-order valence-electron chi connectivity index (χ1n) is 15.9. The fourth-order valence-corrected chi connectivity index (χ4v) is 7.19. The molecule has 0 saturated carbocycles. The zero-order valence-electron chi connectivity index (χ0n) is 25.3. The number of hydrogen-bond acceptors (Lipinski definition) is 0. The van der Waals surface area contributed by atoms with Gasteiger partial charge in [0, 0.05) is 0 Å². The molecule has 46 heavy (non-hydrogen) atoms. The lowest BCUT2D eigenvalue weighted by Crippen LogP contribution is -1.93. The Morgan fingerprint density at radius 1 is 0.196 bits per heavy atom. The van der Waals surface area contributed by atoms with Crippen molar-refractivity contribution < 1.29 is 0 Å². The molecule has 0 amide bonds. The predicted octanol–water partition coefficient (Wildman–Crippen LogP) is 13.0. The summed E-state index contributed by atoms with van der Waals surface area (Å²) in [6, 6.07) is 66.7. The van der Waals surface area contributed by atoms with Crippen molar-refractivity contribution in [3.8, 4) is 44.5 Å². The van der Waals surface area contributed by atoms with Gasteiger partial charge in [-0.1, -0.05) is 146 Å².